The maximum absolute atomic E-state index is 12.1. The quantitative estimate of drug-likeness (QED) is 0.490. The molecule has 2 rings (SSSR count). The summed E-state index contributed by atoms with van der Waals surface area (Å²) in [7, 11) is 0. The molecule has 8 nitrogen and oxygen atoms in total. The number of amides is 3. The van der Waals surface area contributed by atoms with Gasteiger partial charge in [-0.1, -0.05) is 30.3 Å². The molecule has 0 spiro atoms. The van der Waals surface area contributed by atoms with Crippen molar-refractivity contribution in [1.82, 2.24) is 15.6 Å². The van der Waals surface area contributed by atoms with Crippen LogP contribution in [0.1, 0.15) is 18.5 Å². The number of aromatic nitrogens is 1. The van der Waals surface area contributed by atoms with E-state index in [2.05, 4.69) is 15.6 Å². The van der Waals surface area contributed by atoms with Gasteiger partial charge in [0.25, 0.3) is 0 Å². The first kappa shape index (κ1) is 19.4. The Bertz CT molecular complexity index is 763. The van der Waals surface area contributed by atoms with Crippen LogP contribution in [0.5, 0.6) is 0 Å². The molecule has 1 aromatic carbocycles. The Morgan fingerprint density at radius 1 is 1.23 bits per heavy atom. The van der Waals surface area contributed by atoms with Crippen LogP contribution in [0.2, 0.25) is 0 Å². The third-order valence-electron chi connectivity index (χ3n) is 3.52. The molecule has 5 N–H and O–H groups in total. The van der Waals surface area contributed by atoms with Crippen molar-refractivity contribution in [3.05, 3.63) is 41.4 Å². The molecule has 1 aromatic heterocycles. The number of benzene rings is 1. The van der Waals surface area contributed by atoms with E-state index in [0.29, 0.717) is 12.1 Å². The normalized spacial score (nSPS) is 11.5. The second-order valence-corrected chi connectivity index (χ2v) is 6.44. The Morgan fingerprint density at radius 3 is 2.62 bits per heavy atom. The number of nitrogens with one attached hydrogen (secondary N) is 2. The summed E-state index contributed by atoms with van der Waals surface area (Å²) in [5.74, 6) is -1.54. The Morgan fingerprint density at radius 2 is 1.96 bits per heavy atom. The molecule has 26 heavy (non-hydrogen) atoms. The minimum atomic E-state index is -1.12. The zero-order valence-electron chi connectivity index (χ0n) is 14.0. The lowest BCUT2D eigenvalue weighted by molar-refractivity contribution is -0.141. The van der Waals surface area contributed by atoms with E-state index < -0.39 is 23.9 Å². The Balaban J connectivity index is 1.87. The number of hydrogen-bond donors (Lipinski definition) is 4. The van der Waals surface area contributed by atoms with Gasteiger partial charge in [-0.05, 0) is 12.8 Å². The fraction of sp³-hybridized carbons (Fsp3) is 0.294. The molecule has 0 radical (unpaired) electrons. The summed E-state index contributed by atoms with van der Waals surface area (Å²) in [6.45, 7) is 0.251. The lowest BCUT2D eigenvalue weighted by Gasteiger charge is -2.14. The lowest BCUT2D eigenvalue weighted by atomic mass is 10.1. The van der Waals surface area contributed by atoms with Crippen LogP contribution in [0.4, 0.5) is 4.79 Å². The molecule has 0 saturated carbocycles. The second-order valence-electron chi connectivity index (χ2n) is 5.58. The molecule has 1 atom stereocenters. The van der Waals surface area contributed by atoms with Gasteiger partial charge in [0.05, 0.1) is 12.1 Å². The van der Waals surface area contributed by atoms with Gasteiger partial charge in [-0.15, -0.1) is 11.3 Å². The van der Waals surface area contributed by atoms with Gasteiger partial charge in [0.1, 0.15) is 11.0 Å². The van der Waals surface area contributed by atoms with Gasteiger partial charge in [-0.3, -0.25) is 4.79 Å². The Kier molecular flexibility index (Phi) is 7.10. The first-order chi connectivity index (χ1) is 12.5. The van der Waals surface area contributed by atoms with E-state index >= 15 is 0 Å². The highest BCUT2D eigenvalue weighted by Gasteiger charge is 2.20. The Labute approximate surface area is 154 Å². The van der Waals surface area contributed by atoms with Gasteiger partial charge in [0.2, 0.25) is 5.91 Å². The van der Waals surface area contributed by atoms with E-state index in [-0.39, 0.29) is 19.4 Å². The third-order valence-corrected chi connectivity index (χ3v) is 4.46. The number of hydrogen-bond acceptors (Lipinski definition) is 5. The highest BCUT2D eigenvalue weighted by atomic mass is 32.1. The lowest BCUT2D eigenvalue weighted by Crippen LogP contribution is -2.42. The van der Waals surface area contributed by atoms with E-state index in [1.807, 2.05) is 30.3 Å². The minimum Gasteiger partial charge on any atom is -0.480 e. The molecule has 0 aliphatic carbocycles. The summed E-state index contributed by atoms with van der Waals surface area (Å²) < 4.78 is 0. The van der Waals surface area contributed by atoms with Crippen molar-refractivity contribution in [2.75, 3.05) is 6.54 Å². The highest BCUT2D eigenvalue weighted by molar-refractivity contribution is 7.13. The summed E-state index contributed by atoms with van der Waals surface area (Å²) in [4.78, 5) is 38.4. The molecule has 0 aliphatic heterocycles. The average molecular weight is 376 g/mol. The van der Waals surface area contributed by atoms with Crippen LogP contribution in [0.3, 0.4) is 0 Å². The zero-order valence-corrected chi connectivity index (χ0v) is 14.8. The van der Waals surface area contributed by atoms with E-state index in [9.17, 15) is 19.5 Å². The van der Waals surface area contributed by atoms with E-state index in [0.717, 1.165) is 10.6 Å². The number of nitrogens with two attached hydrogens (primary N) is 1. The fourth-order valence-electron chi connectivity index (χ4n) is 2.29. The largest absolute Gasteiger partial charge is 0.480 e. The molecule has 0 aliphatic rings. The number of carboxylic acid groups (broad SMARTS) is 1. The number of thiazole rings is 1. The van der Waals surface area contributed by atoms with Crippen molar-refractivity contribution in [3.63, 3.8) is 0 Å². The number of carbonyl (C=O) groups is 3. The first-order valence-electron chi connectivity index (χ1n) is 8.01. The van der Waals surface area contributed by atoms with Gasteiger partial charge in [0.15, 0.2) is 0 Å². The predicted octanol–water partition coefficient (Wildman–Crippen LogP) is 1.37. The van der Waals surface area contributed by atoms with Crippen LogP contribution in [-0.4, -0.2) is 40.6 Å². The molecule has 0 saturated heterocycles. The number of carbonyl (C=O) groups excluding carboxylic acids is 2. The molecule has 9 heteroatoms. The number of nitrogens with zero attached hydrogens (tertiary/aromatic N) is 1. The van der Waals surface area contributed by atoms with Gasteiger partial charge >= 0.3 is 12.0 Å². The summed E-state index contributed by atoms with van der Waals surface area (Å²) in [6, 6.07) is 7.91. The first-order valence-corrected chi connectivity index (χ1v) is 8.89. The van der Waals surface area contributed by atoms with E-state index in [1.54, 1.807) is 5.38 Å². The number of rotatable bonds is 9. The van der Waals surface area contributed by atoms with E-state index in [1.165, 1.54) is 11.3 Å². The summed E-state index contributed by atoms with van der Waals surface area (Å²) in [5, 5.41) is 16.7. The molecule has 1 heterocycles. The maximum atomic E-state index is 12.1. The molecule has 3 amide bonds. The molecule has 1 unspecified atom stereocenters. The highest BCUT2D eigenvalue weighted by Crippen LogP contribution is 2.23. The average Bonchev–Trinajstić information content (AvgIpc) is 3.06. The van der Waals surface area contributed by atoms with Crippen LogP contribution < -0.4 is 16.4 Å². The predicted molar refractivity (Wildman–Crippen MR) is 97.6 cm³/mol. The number of urea groups is 1. The molecular weight excluding hydrogens is 356 g/mol. The van der Waals surface area contributed by atoms with Crippen molar-refractivity contribution in [2.24, 2.45) is 5.73 Å². The smallest absolute Gasteiger partial charge is 0.326 e. The van der Waals surface area contributed by atoms with Crippen LogP contribution in [0.15, 0.2) is 35.7 Å². The topological polar surface area (TPSA) is 134 Å². The van der Waals surface area contributed by atoms with Crippen molar-refractivity contribution < 1.29 is 19.5 Å². The van der Waals surface area contributed by atoms with Crippen LogP contribution in [0.25, 0.3) is 10.6 Å². The third kappa shape index (κ3) is 6.17. The minimum absolute atomic E-state index is 0.00660. The van der Waals surface area contributed by atoms with Crippen molar-refractivity contribution in [2.45, 2.75) is 25.3 Å². The van der Waals surface area contributed by atoms with Gasteiger partial charge in [0, 0.05) is 17.5 Å². The summed E-state index contributed by atoms with van der Waals surface area (Å²) in [5.41, 5.74) is 6.49. The van der Waals surface area contributed by atoms with Gasteiger partial charge in [-0.25, -0.2) is 14.6 Å². The van der Waals surface area contributed by atoms with Crippen LogP contribution in [-0.2, 0) is 16.0 Å². The van der Waals surface area contributed by atoms with E-state index in [4.69, 9.17) is 5.73 Å². The SMILES string of the molecule is NC(=O)NCCCC(NC(=O)Cc1csc(-c2ccccc2)n1)C(=O)O. The number of carboxylic acids is 1. The number of primary amides is 1. The Hall–Kier alpha value is -2.94. The zero-order chi connectivity index (χ0) is 18.9. The molecular formula is C17H20N4O4S. The number of aliphatic carboxylic acids is 1. The summed E-state index contributed by atoms with van der Waals surface area (Å²) in [6.07, 6.45) is 0.579. The second kappa shape index (κ2) is 9.52. The van der Waals surface area contributed by atoms with Crippen molar-refractivity contribution >= 4 is 29.2 Å². The fourth-order valence-corrected chi connectivity index (χ4v) is 3.11. The monoisotopic (exact) mass is 376 g/mol. The van der Waals surface area contributed by atoms with Crippen molar-refractivity contribution in [3.8, 4) is 10.6 Å². The van der Waals surface area contributed by atoms with Crippen LogP contribution in [0, 0.1) is 0 Å². The molecule has 0 fully saturated rings. The summed E-state index contributed by atoms with van der Waals surface area (Å²) >= 11 is 1.43. The standard InChI is InChI=1S/C17H20N4O4S/c18-17(25)19-8-4-7-13(16(23)24)21-14(22)9-12-10-26-15(20-12)11-5-2-1-3-6-11/h1-3,5-6,10,13H,4,7-9H2,(H,21,22)(H,23,24)(H3,18,19,25). The van der Waals surface area contributed by atoms with Gasteiger partial charge in [-0.2, -0.15) is 0 Å². The van der Waals surface area contributed by atoms with Crippen LogP contribution >= 0.6 is 11.3 Å². The molecule has 2 aromatic rings. The van der Waals surface area contributed by atoms with Crippen molar-refractivity contribution in [1.29, 1.82) is 0 Å². The maximum Gasteiger partial charge on any atom is 0.326 e. The van der Waals surface area contributed by atoms with Gasteiger partial charge < -0.3 is 21.5 Å². The molecule has 0 bridgehead atoms. The molecule has 138 valence electrons.